The first kappa shape index (κ1) is 14.2. The van der Waals surface area contributed by atoms with E-state index in [1.54, 1.807) is 25.1 Å². The van der Waals surface area contributed by atoms with Crippen molar-refractivity contribution in [1.29, 1.82) is 0 Å². The van der Waals surface area contributed by atoms with Crippen molar-refractivity contribution in [3.8, 4) is 0 Å². The summed E-state index contributed by atoms with van der Waals surface area (Å²) >= 11 is 0. The van der Waals surface area contributed by atoms with Crippen molar-refractivity contribution in [2.75, 3.05) is 14.2 Å². The Labute approximate surface area is 117 Å². The molecule has 0 saturated carbocycles. The number of ether oxygens (including phenoxy) is 1. The summed E-state index contributed by atoms with van der Waals surface area (Å²) in [5.41, 5.74) is 1.52. The lowest BCUT2D eigenvalue weighted by molar-refractivity contribution is 0.0776. The Hall–Kier alpha value is -2.21. The number of amides is 1. The van der Waals surface area contributed by atoms with Crippen molar-refractivity contribution in [3.05, 3.63) is 47.0 Å². The average Bonchev–Trinajstić information content (AvgIpc) is 2.84. The zero-order valence-corrected chi connectivity index (χ0v) is 11.9. The number of carbonyl (C=O) groups is 1. The van der Waals surface area contributed by atoms with Gasteiger partial charge >= 0.3 is 0 Å². The number of hydrogen-bond donors (Lipinski definition) is 1. The summed E-state index contributed by atoms with van der Waals surface area (Å²) in [6.45, 7) is 2.60. The number of methoxy groups -OCH3 is 1. The van der Waals surface area contributed by atoms with Gasteiger partial charge < -0.3 is 9.64 Å². The summed E-state index contributed by atoms with van der Waals surface area (Å²) in [5.74, 6) is 1.27. The van der Waals surface area contributed by atoms with Gasteiger partial charge in [-0.15, -0.1) is 0 Å². The van der Waals surface area contributed by atoms with Gasteiger partial charge in [-0.2, -0.15) is 5.10 Å². The topological polar surface area (TPSA) is 71.1 Å². The molecule has 1 heterocycles. The molecule has 1 N–H and O–H groups in total. The number of rotatable bonds is 5. The number of nitrogens with one attached hydrogen (secondary N) is 1. The van der Waals surface area contributed by atoms with E-state index in [0.717, 1.165) is 11.4 Å². The van der Waals surface area contributed by atoms with Crippen LogP contribution in [0.15, 0.2) is 24.3 Å². The molecule has 6 heteroatoms. The lowest BCUT2D eigenvalue weighted by Gasteiger charge is -2.17. The van der Waals surface area contributed by atoms with Crippen LogP contribution in [0.3, 0.4) is 0 Å². The number of aromatic amines is 1. The van der Waals surface area contributed by atoms with E-state index >= 15 is 0 Å². The van der Waals surface area contributed by atoms with Crippen molar-refractivity contribution >= 4 is 5.91 Å². The Morgan fingerprint density at radius 2 is 2.15 bits per heavy atom. The van der Waals surface area contributed by atoms with E-state index in [9.17, 15) is 4.79 Å². The Bertz CT molecular complexity index is 594. The van der Waals surface area contributed by atoms with E-state index in [1.807, 2.05) is 25.1 Å². The molecule has 0 aliphatic carbocycles. The van der Waals surface area contributed by atoms with E-state index in [4.69, 9.17) is 4.74 Å². The van der Waals surface area contributed by atoms with Gasteiger partial charge in [0.05, 0.1) is 13.2 Å². The van der Waals surface area contributed by atoms with E-state index in [2.05, 4.69) is 15.2 Å². The van der Waals surface area contributed by atoms with E-state index in [-0.39, 0.29) is 5.91 Å². The zero-order valence-electron chi connectivity index (χ0n) is 11.9. The van der Waals surface area contributed by atoms with E-state index in [0.29, 0.717) is 24.5 Å². The van der Waals surface area contributed by atoms with Crippen molar-refractivity contribution < 1.29 is 9.53 Å². The monoisotopic (exact) mass is 274 g/mol. The number of aromatic nitrogens is 3. The second-order valence-corrected chi connectivity index (χ2v) is 4.59. The molecular formula is C14H18N4O2. The van der Waals surface area contributed by atoms with Gasteiger partial charge in [0, 0.05) is 19.7 Å². The molecule has 1 amide bonds. The molecule has 0 aliphatic heterocycles. The fraction of sp³-hybridized carbons (Fsp3) is 0.357. The van der Waals surface area contributed by atoms with Crippen LogP contribution in [0.2, 0.25) is 0 Å². The molecule has 0 atom stereocenters. The lowest BCUT2D eigenvalue weighted by Crippen LogP contribution is -2.27. The first-order valence-electron chi connectivity index (χ1n) is 6.32. The number of nitrogens with zero attached hydrogens (tertiary/aromatic N) is 3. The molecule has 1 aromatic carbocycles. The van der Waals surface area contributed by atoms with Crippen LogP contribution in [-0.2, 0) is 17.9 Å². The number of hydrogen-bond acceptors (Lipinski definition) is 4. The average molecular weight is 274 g/mol. The number of H-pyrrole nitrogens is 1. The minimum atomic E-state index is -0.0693. The molecule has 2 rings (SSSR count). The molecular weight excluding hydrogens is 256 g/mol. The van der Waals surface area contributed by atoms with Crippen LogP contribution in [-0.4, -0.2) is 40.1 Å². The Morgan fingerprint density at radius 3 is 2.80 bits per heavy atom. The molecule has 1 aromatic heterocycles. The fourth-order valence-corrected chi connectivity index (χ4v) is 1.96. The third kappa shape index (κ3) is 3.21. The maximum Gasteiger partial charge on any atom is 0.254 e. The molecule has 0 fully saturated rings. The largest absolute Gasteiger partial charge is 0.380 e. The highest BCUT2D eigenvalue weighted by molar-refractivity contribution is 5.95. The van der Waals surface area contributed by atoms with Gasteiger partial charge in [0.25, 0.3) is 5.91 Å². The highest BCUT2D eigenvalue weighted by Gasteiger charge is 2.16. The predicted molar refractivity (Wildman–Crippen MR) is 74.1 cm³/mol. The summed E-state index contributed by atoms with van der Waals surface area (Å²) in [6, 6.07) is 7.43. The summed E-state index contributed by atoms with van der Waals surface area (Å²) < 4.78 is 5.12. The molecule has 6 nitrogen and oxygen atoms in total. The SMILES string of the molecule is COCc1ccccc1C(=O)N(C)Cc1n[nH]c(C)n1. The highest BCUT2D eigenvalue weighted by atomic mass is 16.5. The number of benzene rings is 1. The van der Waals surface area contributed by atoms with Crippen LogP contribution in [0.1, 0.15) is 27.6 Å². The second kappa shape index (κ2) is 6.29. The normalized spacial score (nSPS) is 10.6. The van der Waals surface area contributed by atoms with Crippen molar-refractivity contribution in [2.45, 2.75) is 20.1 Å². The summed E-state index contributed by atoms with van der Waals surface area (Å²) in [4.78, 5) is 18.3. The van der Waals surface area contributed by atoms with Crippen LogP contribution in [0.5, 0.6) is 0 Å². The molecule has 20 heavy (non-hydrogen) atoms. The maximum atomic E-state index is 12.5. The van der Waals surface area contributed by atoms with Gasteiger partial charge in [-0.25, -0.2) is 4.98 Å². The molecule has 0 saturated heterocycles. The molecule has 0 aliphatic rings. The van der Waals surface area contributed by atoms with Crippen LogP contribution in [0.25, 0.3) is 0 Å². The molecule has 106 valence electrons. The first-order valence-corrected chi connectivity index (χ1v) is 6.32. The summed E-state index contributed by atoms with van der Waals surface area (Å²) in [6.07, 6.45) is 0. The first-order chi connectivity index (χ1) is 9.61. The lowest BCUT2D eigenvalue weighted by atomic mass is 10.1. The van der Waals surface area contributed by atoms with Crippen LogP contribution >= 0.6 is 0 Å². The maximum absolute atomic E-state index is 12.5. The van der Waals surface area contributed by atoms with Crippen LogP contribution in [0.4, 0.5) is 0 Å². The van der Waals surface area contributed by atoms with Gasteiger partial charge in [-0.1, -0.05) is 18.2 Å². The fourth-order valence-electron chi connectivity index (χ4n) is 1.96. The van der Waals surface area contributed by atoms with Gasteiger partial charge in [0.2, 0.25) is 0 Å². The van der Waals surface area contributed by atoms with Crippen LogP contribution in [0, 0.1) is 6.92 Å². The Kier molecular flexibility index (Phi) is 4.47. The molecule has 0 spiro atoms. The van der Waals surface area contributed by atoms with E-state index < -0.39 is 0 Å². The van der Waals surface area contributed by atoms with Gasteiger partial charge in [-0.3, -0.25) is 9.89 Å². The molecule has 0 unspecified atom stereocenters. The molecule has 2 aromatic rings. The third-order valence-corrected chi connectivity index (χ3v) is 2.92. The minimum Gasteiger partial charge on any atom is -0.380 e. The summed E-state index contributed by atoms with van der Waals surface area (Å²) in [7, 11) is 3.35. The van der Waals surface area contributed by atoms with E-state index in [1.165, 1.54) is 0 Å². The van der Waals surface area contributed by atoms with Crippen LogP contribution < -0.4 is 0 Å². The number of carbonyl (C=O) groups excluding carboxylic acids is 1. The minimum absolute atomic E-state index is 0.0693. The van der Waals surface area contributed by atoms with Gasteiger partial charge in [-0.05, 0) is 18.6 Å². The second-order valence-electron chi connectivity index (χ2n) is 4.59. The molecule has 0 bridgehead atoms. The van der Waals surface area contributed by atoms with Crippen molar-refractivity contribution in [2.24, 2.45) is 0 Å². The zero-order chi connectivity index (χ0) is 14.5. The smallest absolute Gasteiger partial charge is 0.254 e. The Balaban J connectivity index is 2.14. The summed E-state index contributed by atoms with van der Waals surface area (Å²) in [5, 5.41) is 6.80. The quantitative estimate of drug-likeness (QED) is 0.897. The predicted octanol–water partition coefficient (Wildman–Crippen LogP) is 1.53. The molecule has 0 radical (unpaired) electrons. The van der Waals surface area contributed by atoms with Crippen molar-refractivity contribution in [3.63, 3.8) is 0 Å². The number of aryl methyl sites for hydroxylation is 1. The van der Waals surface area contributed by atoms with Crippen molar-refractivity contribution in [1.82, 2.24) is 20.1 Å². The highest BCUT2D eigenvalue weighted by Crippen LogP contribution is 2.13. The standard InChI is InChI=1S/C14H18N4O2/c1-10-15-13(17-16-10)8-18(2)14(19)12-7-5-4-6-11(12)9-20-3/h4-7H,8-9H2,1-3H3,(H,15,16,17). The third-order valence-electron chi connectivity index (χ3n) is 2.92. The Morgan fingerprint density at radius 1 is 1.40 bits per heavy atom. The van der Waals surface area contributed by atoms with Gasteiger partial charge in [0.15, 0.2) is 5.82 Å². The van der Waals surface area contributed by atoms with Gasteiger partial charge in [0.1, 0.15) is 5.82 Å².